The van der Waals surface area contributed by atoms with E-state index >= 15 is 0 Å². The number of nitrogens with one attached hydrogen (secondary N) is 1. The maximum absolute atomic E-state index is 12.6. The van der Waals surface area contributed by atoms with Crippen molar-refractivity contribution in [2.75, 3.05) is 11.9 Å². The van der Waals surface area contributed by atoms with Crippen molar-refractivity contribution in [1.82, 2.24) is 4.98 Å². The van der Waals surface area contributed by atoms with Crippen LogP contribution in [-0.4, -0.2) is 22.7 Å². The number of rotatable bonds is 5. The minimum atomic E-state index is -4.44. The predicted molar refractivity (Wildman–Crippen MR) is 58.6 cm³/mol. The summed E-state index contributed by atoms with van der Waals surface area (Å²) in [5.41, 5.74) is -0.816. The first kappa shape index (κ1) is 13.8. The van der Waals surface area contributed by atoms with Gasteiger partial charge < -0.3 is 10.4 Å². The quantitative estimate of drug-likeness (QED) is 0.842. The second kappa shape index (κ2) is 5.86. The summed E-state index contributed by atoms with van der Waals surface area (Å²) < 4.78 is 37.7. The van der Waals surface area contributed by atoms with E-state index in [1.807, 2.05) is 6.92 Å². The van der Waals surface area contributed by atoms with E-state index in [2.05, 4.69) is 10.3 Å². The Morgan fingerprint density at radius 3 is 2.76 bits per heavy atom. The van der Waals surface area contributed by atoms with Crippen LogP contribution in [0.3, 0.4) is 0 Å². The highest BCUT2D eigenvalue weighted by Gasteiger charge is 2.34. The van der Waals surface area contributed by atoms with Gasteiger partial charge in [-0.15, -0.1) is 0 Å². The zero-order valence-corrected chi connectivity index (χ0v) is 9.46. The van der Waals surface area contributed by atoms with Crippen molar-refractivity contribution in [3.8, 4) is 0 Å². The lowest BCUT2D eigenvalue weighted by Gasteiger charge is -2.15. The van der Waals surface area contributed by atoms with Gasteiger partial charge in [0, 0.05) is 12.7 Å². The van der Waals surface area contributed by atoms with E-state index in [4.69, 9.17) is 0 Å². The van der Waals surface area contributed by atoms with Crippen molar-refractivity contribution in [1.29, 1.82) is 0 Å². The molecular formula is C11H15F3N2O. The zero-order chi connectivity index (χ0) is 12.9. The zero-order valence-electron chi connectivity index (χ0n) is 9.46. The molecule has 1 heterocycles. The Kier molecular flexibility index (Phi) is 4.74. The van der Waals surface area contributed by atoms with Crippen molar-refractivity contribution >= 4 is 5.82 Å². The van der Waals surface area contributed by atoms with Crippen LogP contribution >= 0.6 is 0 Å². The topological polar surface area (TPSA) is 45.1 Å². The maximum atomic E-state index is 12.6. The van der Waals surface area contributed by atoms with Crippen molar-refractivity contribution < 1.29 is 18.3 Å². The molecule has 0 saturated carbocycles. The molecule has 1 unspecified atom stereocenters. The minimum absolute atomic E-state index is 0.0634. The molecule has 0 radical (unpaired) electrons. The van der Waals surface area contributed by atoms with Gasteiger partial charge in [-0.25, -0.2) is 4.98 Å². The summed E-state index contributed by atoms with van der Waals surface area (Å²) in [5, 5.41) is 12.0. The van der Waals surface area contributed by atoms with E-state index < -0.39 is 17.8 Å². The van der Waals surface area contributed by atoms with Crippen LogP contribution in [0.15, 0.2) is 18.3 Å². The van der Waals surface area contributed by atoms with Crippen LogP contribution < -0.4 is 5.32 Å². The molecule has 1 atom stereocenters. The van der Waals surface area contributed by atoms with Crippen LogP contribution in [0.4, 0.5) is 19.0 Å². The van der Waals surface area contributed by atoms with Gasteiger partial charge in [0.25, 0.3) is 0 Å². The number of nitrogens with zero attached hydrogens (tertiary/aromatic N) is 1. The third kappa shape index (κ3) is 4.22. The lowest BCUT2D eigenvalue weighted by atomic mass is 10.2. The first-order valence-corrected chi connectivity index (χ1v) is 5.39. The molecule has 1 aromatic heterocycles. The van der Waals surface area contributed by atoms with E-state index in [0.29, 0.717) is 6.42 Å². The van der Waals surface area contributed by atoms with Crippen LogP contribution in [0.5, 0.6) is 0 Å². The van der Waals surface area contributed by atoms with Crippen molar-refractivity contribution in [2.24, 2.45) is 0 Å². The molecule has 1 rings (SSSR count). The molecule has 0 aromatic carbocycles. The van der Waals surface area contributed by atoms with Crippen LogP contribution in [0, 0.1) is 0 Å². The number of aliphatic hydroxyl groups is 1. The first-order valence-electron chi connectivity index (χ1n) is 5.39. The molecule has 6 heteroatoms. The fourth-order valence-corrected chi connectivity index (χ4v) is 1.42. The van der Waals surface area contributed by atoms with Crippen LogP contribution in [0.25, 0.3) is 0 Å². The van der Waals surface area contributed by atoms with Gasteiger partial charge in [-0.05, 0) is 18.6 Å². The number of halogens is 3. The Morgan fingerprint density at radius 1 is 1.47 bits per heavy atom. The third-order valence-electron chi connectivity index (χ3n) is 2.24. The molecule has 0 aliphatic carbocycles. The second-order valence-electron chi connectivity index (χ2n) is 3.72. The smallest absolute Gasteiger partial charge is 0.391 e. The highest BCUT2D eigenvalue weighted by molar-refractivity contribution is 5.45. The lowest BCUT2D eigenvalue weighted by Crippen LogP contribution is -2.21. The summed E-state index contributed by atoms with van der Waals surface area (Å²) in [6, 6.07) is 2.19. The van der Waals surface area contributed by atoms with E-state index in [0.717, 1.165) is 12.5 Å². The molecule has 96 valence electrons. The molecule has 0 spiro atoms. The van der Waals surface area contributed by atoms with Gasteiger partial charge in [0.15, 0.2) is 0 Å². The number of hydrogen-bond acceptors (Lipinski definition) is 3. The molecule has 3 nitrogen and oxygen atoms in total. The molecule has 0 aliphatic rings. The summed E-state index contributed by atoms with van der Waals surface area (Å²) in [4.78, 5) is 3.64. The Morgan fingerprint density at radius 2 is 2.18 bits per heavy atom. The van der Waals surface area contributed by atoms with E-state index in [1.165, 1.54) is 12.3 Å². The first-order chi connectivity index (χ1) is 7.95. The number of aliphatic hydroxyl groups excluding tert-OH is 1. The fraction of sp³-hybridized carbons (Fsp3) is 0.545. The van der Waals surface area contributed by atoms with Gasteiger partial charge in [-0.1, -0.05) is 13.3 Å². The molecule has 0 aliphatic heterocycles. The summed E-state index contributed by atoms with van der Waals surface area (Å²) in [6.45, 7) is 1.96. The van der Waals surface area contributed by atoms with Crippen molar-refractivity contribution in [2.45, 2.75) is 32.0 Å². The number of aromatic nitrogens is 1. The molecule has 0 saturated heterocycles. The Balaban J connectivity index is 2.71. The van der Waals surface area contributed by atoms with Crippen LogP contribution in [0.2, 0.25) is 0 Å². The molecule has 17 heavy (non-hydrogen) atoms. The molecule has 1 aromatic rings. The van der Waals surface area contributed by atoms with E-state index in [1.54, 1.807) is 0 Å². The average Bonchev–Trinajstić information content (AvgIpc) is 2.26. The summed E-state index contributed by atoms with van der Waals surface area (Å²) in [6.07, 6.45) is -2.50. The number of hydrogen-bond donors (Lipinski definition) is 2. The number of pyridine rings is 1. The second-order valence-corrected chi connectivity index (χ2v) is 3.72. The average molecular weight is 248 g/mol. The van der Waals surface area contributed by atoms with Crippen LogP contribution in [0.1, 0.15) is 25.3 Å². The highest BCUT2D eigenvalue weighted by Crippen LogP contribution is 2.33. The third-order valence-corrected chi connectivity index (χ3v) is 2.24. The Bertz CT molecular complexity index is 355. The number of anilines is 1. The lowest BCUT2D eigenvalue weighted by molar-refractivity contribution is -0.137. The monoisotopic (exact) mass is 248 g/mol. The predicted octanol–water partition coefficient (Wildman–Crippen LogP) is 2.67. The SMILES string of the molecule is CCCC(O)CNc1ncccc1C(F)(F)F. The fourth-order valence-electron chi connectivity index (χ4n) is 1.42. The standard InChI is InChI=1S/C11H15F3N2O/c1-2-4-8(17)7-16-10-9(11(12,13)14)5-3-6-15-10/h3,5-6,8,17H,2,4,7H2,1H3,(H,15,16). The Hall–Kier alpha value is -1.30. The van der Waals surface area contributed by atoms with E-state index in [-0.39, 0.29) is 12.4 Å². The summed E-state index contributed by atoms with van der Waals surface area (Å²) in [7, 11) is 0. The summed E-state index contributed by atoms with van der Waals surface area (Å²) in [5.74, 6) is -0.241. The van der Waals surface area contributed by atoms with Gasteiger partial charge >= 0.3 is 6.18 Å². The largest absolute Gasteiger partial charge is 0.419 e. The van der Waals surface area contributed by atoms with Gasteiger partial charge in [0.2, 0.25) is 0 Å². The minimum Gasteiger partial charge on any atom is -0.391 e. The van der Waals surface area contributed by atoms with Gasteiger partial charge in [-0.2, -0.15) is 13.2 Å². The molecule has 0 bridgehead atoms. The van der Waals surface area contributed by atoms with Gasteiger partial charge in [0.05, 0.1) is 11.7 Å². The van der Waals surface area contributed by atoms with Crippen molar-refractivity contribution in [3.63, 3.8) is 0 Å². The molecule has 0 fully saturated rings. The Labute approximate surface area is 97.7 Å². The molecule has 2 N–H and O–H groups in total. The van der Waals surface area contributed by atoms with E-state index in [9.17, 15) is 18.3 Å². The van der Waals surface area contributed by atoms with Gasteiger partial charge in [-0.3, -0.25) is 0 Å². The number of alkyl halides is 3. The van der Waals surface area contributed by atoms with Crippen LogP contribution in [-0.2, 0) is 6.18 Å². The summed E-state index contributed by atoms with van der Waals surface area (Å²) >= 11 is 0. The maximum Gasteiger partial charge on any atom is 0.419 e. The highest BCUT2D eigenvalue weighted by atomic mass is 19.4. The van der Waals surface area contributed by atoms with Crippen molar-refractivity contribution in [3.05, 3.63) is 23.9 Å². The molecular weight excluding hydrogens is 233 g/mol. The van der Waals surface area contributed by atoms with Gasteiger partial charge in [0.1, 0.15) is 5.82 Å². The normalized spacial score (nSPS) is 13.5. The molecule has 0 amide bonds.